The van der Waals surface area contributed by atoms with Gasteiger partial charge in [0, 0.05) is 17.8 Å². The molecule has 3 aromatic carbocycles. The predicted octanol–water partition coefficient (Wildman–Crippen LogP) is 4.40. The van der Waals surface area contributed by atoms with Crippen molar-refractivity contribution in [3.63, 3.8) is 0 Å². The van der Waals surface area contributed by atoms with E-state index in [1.807, 2.05) is 36.4 Å². The Morgan fingerprint density at radius 1 is 1.10 bits per heavy atom. The Balaban J connectivity index is 1.55. The standard InChI is InChI=1S/C31H27N3O7S/c1-4-40-30(36)27-19(2)33-29(35)26(42-31(33)32-28(27)22-11-13-23(14-12-22)34(37)38)17-21-10-15-24(25(16-21)39-3)41-18-20-8-6-5-7-9-20/h5-17,28H,4,18H2,1-3H3/b26-17-/t28-/m1/s1. The topological polar surface area (TPSA) is 122 Å². The summed E-state index contributed by atoms with van der Waals surface area (Å²) < 4.78 is 18.6. The van der Waals surface area contributed by atoms with Crippen molar-refractivity contribution < 1.29 is 23.9 Å². The lowest BCUT2D eigenvalue weighted by Gasteiger charge is -2.22. The van der Waals surface area contributed by atoms with Crippen LogP contribution in [0.1, 0.15) is 36.6 Å². The SMILES string of the molecule is CCOC(=O)C1=C(C)n2c(s/c(=C\c3ccc(OCc4ccccc4)c(OC)c3)c2=O)=N[C@@H]1c1ccc([N+](=O)[O-])cc1. The summed E-state index contributed by atoms with van der Waals surface area (Å²) in [7, 11) is 1.55. The maximum absolute atomic E-state index is 13.6. The lowest BCUT2D eigenvalue weighted by Crippen LogP contribution is -2.35. The van der Waals surface area contributed by atoms with E-state index in [9.17, 15) is 19.7 Å². The second-order valence-electron chi connectivity index (χ2n) is 9.32. The molecule has 2 heterocycles. The number of nitro groups is 1. The average Bonchev–Trinajstić information content (AvgIpc) is 3.31. The third-order valence-electron chi connectivity index (χ3n) is 6.68. The van der Waals surface area contributed by atoms with Gasteiger partial charge in [0.2, 0.25) is 0 Å². The Bertz CT molecular complexity index is 1860. The van der Waals surface area contributed by atoms with Crippen molar-refractivity contribution in [1.29, 1.82) is 0 Å². The van der Waals surface area contributed by atoms with E-state index >= 15 is 0 Å². The first-order valence-electron chi connectivity index (χ1n) is 13.1. The molecule has 1 atom stereocenters. The monoisotopic (exact) mass is 585 g/mol. The molecule has 42 heavy (non-hydrogen) atoms. The number of rotatable bonds is 9. The van der Waals surface area contributed by atoms with E-state index in [2.05, 4.69) is 0 Å². The highest BCUT2D eigenvalue weighted by Gasteiger charge is 2.31. The van der Waals surface area contributed by atoms with Crippen LogP contribution in [-0.4, -0.2) is 29.2 Å². The number of allylic oxidation sites excluding steroid dienone is 1. The van der Waals surface area contributed by atoms with Crippen LogP contribution in [0.4, 0.5) is 5.69 Å². The van der Waals surface area contributed by atoms with Gasteiger partial charge >= 0.3 is 5.97 Å². The fraction of sp³-hybridized carbons (Fsp3) is 0.194. The number of esters is 1. The zero-order valence-corrected chi connectivity index (χ0v) is 23.9. The molecule has 11 heteroatoms. The molecule has 0 fully saturated rings. The van der Waals surface area contributed by atoms with Crippen molar-refractivity contribution >= 4 is 34.8 Å². The third kappa shape index (κ3) is 5.72. The van der Waals surface area contributed by atoms with Gasteiger partial charge in [-0.25, -0.2) is 9.79 Å². The van der Waals surface area contributed by atoms with Crippen molar-refractivity contribution in [2.45, 2.75) is 26.5 Å². The smallest absolute Gasteiger partial charge is 0.338 e. The van der Waals surface area contributed by atoms with Crippen LogP contribution >= 0.6 is 11.3 Å². The average molecular weight is 586 g/mol. The largest absolute Gasteiger partial charge is 0.493 e. The van der Waals surface area contributed by atoms with Gasteiger partial charge in [-0.2, -0.15) is 0 Å². The zero-order valence-electron chi connectivity index (χ0n) is 23.1. The van der Waals surface area contributed by atoms with Crippen LogP contribution in [0.25, 0.3) is 11.8 Å². The Morgan fingerprint density at radius 3 is 2.50 bits per heavy atom. The van der Waals surface area contributed by atoms with Gasteiger partial charge in [-0.3, -0.25) is 19.5 Å². The van der Waals surface area contributed by atoms with Crippen LogP contribution in [0.15, 0.2) is 88.2 Å². The van der Waals surface area contributed by atoms with Crippen LogP contribution in [-0.2, 0) is 16.1 Å². The number of aromatic nitrogens is 1. The number of carbonyl (C=O) groups is 1. The van der Waals surface area contributed by atoms with Crippen molar-refractivity contribution in [3.05, 3.63) is 125 Å². The molecule has 214 valence electrons. The summed E-state index contributed by atoms with van der Waals surface area (Å²) in [5.41, 5.74) is 2.49. The summed E-state index contributed by atoms with van der Waals surface area (Å²) in [6.07, 6.45) is 1.73. The highest BCUT2D eigenvalue weighted by atomic mass is 32.1. The first kappa shape index (κ1) is 28.5. The maximum Gasteiger partial charge on any atom is 0.338 e. The minimum Gasteiger partial charge on any atom is -0.493 e. The number of carbonyl (C=O) groups excluding carboxylic acids is 1. The molecular weight excluding hydrogens is 558 g/mol. The van der Waals surface area contributed by atoms with Crippen LogP contribution in [0.3, 0.4) is 0 Å². The Kier molecular flexibility index (Phi) is 8.30. The van der Waals surface area contributed by atoms with Crippen molar-refractivity contribution in [3.8, 4) is 11.5 Å². The number of nitrogens with zero attached hydrogens (tertiary/aromatic N) is 3. The van der Waals surface area contributed by atoms with E-state index in [-0.39, 0.29) is 23.4 Å². The van der Waals surface area contributed by atoms with Crippen LogP contribution in [0.2, 0.25) is 0 Å². The maximum atomic E-state index is 13.6. The summed E-state index contributed by atoms with van der Waals surface area (Å²) in [5.74, 6) is 0.483. The highest BCUT2D eigenvalue weighted by molar-refractivity contribution is 7.07. The summed E-state index contributed by atoms with van der Waals surface area (Å²) in [6, 6.07) is 20.2. The minimum absolute atomic E-state index is 0.0789. The van der Waals surface area contributed by atoms with Gasteiger partial charge in [-0.15, -0.1) is 0 Å². The predicted molar refractivity (Wildman–Crippen MR) is 158 cm³/mol. The number of methoxy groups -OCH3 is 1. The summed E-state index contributed by atoms with van der Waals surface area (Å²) >= 11 is 1.18. The number of fused-ring (bicyclic) bond motifs is 1. The molecule has 1 aromatic heterocycles. The fourth-order valence-electron chi connectivity index (χ4n) is 4.62. The third-order valence-corrected chi connectivity index (χ3v) is 7.67. The molecule has 0 saturated carbocycles. The zero-order chi connectivity index (χ0) is 29.8. The first-order chi connectivity index (χ1) is 20.3. The van der Waals surface area contributed by atoms with Crippen molar-refractivity contribution in [2.24, 2.45) is 4.99 Å². The van der Waals surface area contributed by atoms with E-state index in [1.54, 1.807) is 51.3 Å². The van der Waals surface area contributed by atoms with Gasteiger partial charge in [0.1, 0.15) is 12.6 Å². The molecule has 10 nitrogen and oxygen atoms in total. The number of benzene rings is 3. The molecule has 0 spiro atoms. The number of ether oxygens (including phenoxy) is 3. The lowest BCUT2D eigenvalue weighted by atomic mass is 9.96. The van der Waals surface area contributed by atoms with Crippen LogP contribution in [0.5, 0.6) is 11.5 Å². The van der Waals surface area contributed by atoms with Crippen LogP contribution < -0.4 is 24.4 Å². The minimum atomic E-state index is -0.795. The highest BCUT2D eigenvalue weighted by Crippen LogP contribution is 2.33. The van der Waals surface area contributed by atoms with Gasteiger partial charge in [0.15, 0.2) is 16.3 Å². The Hall–Kier alpha value is -5.03. The van der Waals surface area contributed by atoms with Crippen molar-refractivity contribution in [1.82, 2.24) is 4.57 Å². The summed E-state index contributed by atoms with van der Waals surface area (Å²) in [6.45, 7) is 3.88. The fourth-order valence-corrected chi connectivity index (χ4v) is 5.66. The molecule has 0 unspecified atom stereocenters. The molecule has 0 bridgehead atoms. The quantitative estimate of drug-likeness (QED) is 0.162. The molecule has 5 rings (SSSR count). The van der Waals surface area contributed by atoms with E-state index in [4.69, 9.17) is 19.2 Å². The summed E-state index contributed by atoms with van der Waals surface area (Å²) in [4.78, 5) is 42.4. The number of hydrogen-bond acceptors (Lipinski definition) is 9. The molecular formula is C31H27N3O7S. The van der Waals surface area contributed by atoms with Gasteiger partial charge in [-0.05, 0) is 60.9 Å². The second kappa shape index (κ2) is 12.2. The number of nitro benzene ring substituents is 1. The molecule has 0 radical (unpaired) electrons. The van der Waals surface area contributed by atoms with E-state index in [1.165, 1.54) is 28.0 Å². The molecule has 0 saturated heterocycles. The van der Waals surface area contributed by atoms with E-state index in [0.717, 1.165) is 11.1 Å². The molecule has 1 aliphatic rings. The normalized spacial score (nSPS) is 14.6. The van der Waals surface area contributed by atoms with Crippen molar-refractivity contribution in [2.75, 3.05) is 13.7 Å². The lowest BCUT2D eigenvalue weighted by molar-refractivity contribution is -0.384. The first-order valence-corrected chi connectivity index (χ1v) is 13.9. The van der Waals surface area contributed by atoms with E-state index in [0.29, 0.717) is 38.7 Å². The van der Waals surface area contributed by atoms with Gasteiger partial charge in [0.05, 0.1) is 28.7 Å². The molecule has 4 aromatic rings. The second-order valence-corrected chi connectivity index (χ2v) is 10.3. The van der Waals surface area contributed by atoms with Gasteiger partial charge in [-0.1, -0.05) is 47.7 Å². The molecule has 0 aliphatic carbocycles. The Labute approximate surface area is 244 Å². The number of non-ortho nitro benzene ring substituents is 1. The number of hydrogen-bond donors (Lipinski definition) is 0. The molecule has 1 aliphatic heterocycles. The van der Waals surface area contributed by atoms with Gasteiger partial charge < -0.3 is 14.2 Å². The molecule has 0 amide bonds. The van der Waals surface area contributed by atoms with Crippen LogP contribution in [0, 0.1) is 10.1 Å². The number of thiazole rings is 1. The van der Waals surface area contributed by atoms with Gasteiger partial charge in [0.25, 0.3) is 11.2 Å². The van der Waals surface area contributed by atoms with E-state index < -0.39 is 16.9 Å². The summed E-state index contributed by atoms with van der Waals surface area (Å²) in [5, 5.41) is 11.1. The molecule has 0 N–H and O–H groups in total. The Morgan fingerprint density at radius 2 is 1.83 bits per heavy atom.